The fourth-order valence-electron chi connectivity index (χ4n) is 1.75. The van der Waals surface area contributed by atoms with Gasteiger partial charge in [0.1, 0.15) is 0 Å². The Balaban J connectivity index is 2.61. The molecule has 0 aliphatic carbocycles. The summed E-state index contributed by atoms with van der Waals surface area (Å²) in [5.41, 5.74) is 2.17. The first-order valence-corrected chi connectivity index (χ1v) is 5.52. The molecule has 2 aromatic rings. The zero-order valence-electron chi connectivity index (χ0n) is 9.88. The van der Waals surface area contributed by atoms with E-state index in [1.54, 1.807) is 12.1 Å². The van der Waals surface area contributed by atoms with Crippen LogP contribution in [-0.4, -0.2) is 16.9 Å². The van der Waals surface area contributed by atoms with Crippen LogP contribution in [0.1, 0.15) is 27.6 Å². The number of carboxylic acids is 1. The van der Waals surface area contributed by atoms with Crippen molar-refractivity contribution in [3.8, 4) is 11.1 Å². The van der Waals surface area contributed by atoms with E-state index in [4.69, 9.17) is 5.11 Å². The molecule has 0 radical (unpaired) electrons. The lowest BCUT2D eigenvalue weighted by atomic mass is 9.98. The molecule has 0 spiro atoms. The van der Waals surface area contributed by atoms with Crippen LogP contribution in [0.5, 0.6) is 0 Å². The van der Waals surface area contributed by atoms with E-state index < -0.39 is 5.97 Å². The second-order valence-electron chi connectivity index (χ2n) is 4.03. The van der Waals surface area contributed by atoms with Crippen LogP contribution in [0.3, 0.4) is 0 Å². The van der Waals surface area contributed by atoms with Crippen molar-refractivity contribution in [3.05, 3.63) is 59.7 Å². The van der Waals surface area contributed by atoms with E-state index in [1.807, 2.05) is 30.3 Å². The lowest BCUT2D eigenvalue weighted by Crippen LogP contribution is -2.01. The first-order chi connectivity index (χ1) is 8.58. The largest absolute Gasteiger partial charge is 0.478 e. The van der Waals surface area contributed by atoms with E-state index in [0.717, 1.165) is 11.1 Å². The highest BCUT2D eigenvalue weighted by molar-refractivity contribution is 5.99. The van der Waals surface area contributed by atoms with Crippen molar-refractivity contribution >= 4 is 11.8 Å². The van der Waals surface area contributed by atoms with Gasteiger partial charge in [-0.1, -0.05) is 30.3 Å². The monoisotopic (exact) mass is 240 g/mol. The van der Waals surface area contributed by atoms with Gasteiger partial charge in [0.25, 0.3) is 0 Å². The topological polar surface area (TPSA) is 54.4 Å². The van der Waals surface area contributed by atoms with E-state index in [-0.39, 0.29) is 11.3 Å². The van der Waals surface area contributed by atoms with Gasteiger partial charge in [0, 0.05) is 5.56 Å². The average molecular weight is 240 g/mol. The Kier molecular flexibility index (Phi) is 3.24. The van der Waals surface area contributed by atoms with Gasteiger partial charge in [0.05, 0.1) is 5.56 Å². The molecule has 0 unspecified atom stereocenters. The maximum atomic E-state index is 11.4. The first-order valence-electron chi connectivity index (χ1n) is 5.52. The third-order valence-electron chi connectivity index (χ3n) is 2.69. The van der Waals surface area contributed by atoms with Crippen LogP contribution < -0.4 is 0 Å². The molecule has 0 bridgehead atoms. The molecular formula is C15H12O3. The summed E-state index contributed by atoms with van der Waals surface area (Å²) in [4.78, 5) is 22.5. The van der Waals surface area contributed by atoms with Crippen molar-refractivity contribution in [2.45, 2.75) is 6.92 Å². The Labute approximate surface area is 105 Å². The molecular weight excluding hydrogens is 228 g/mol. The molecule has 0 saturated heterocycles. The van der Waals surface area contributed by atoms with Crippen LogP contribution in [0.2, 0.25) is 0 Å². The molecule has 2 rings (SSSR count). The van der Waals surface area contributed by atoms with E-state index in [9.17, 15) is 9.59 Å². The van der Waals surface area contributed by atoms with Crippen LogP contribution in [0.25, 0.3) is 11.1 Å². The summed E-state index contributed by atoms with van der Waals surface area (Å²) in [5, 5.41) is 9.05. The van der Waals surface area contributed by atoms with Gasteiger partial charge in [-0.15, -0.1) is 0 Å². The molecule has 3 heteroatoms. The zero-order valence-corrected chi connectivity index (χ0v) is 9.88. The third-order valence-corrected chi connectivity index (χ3v) is 2.69. The third kappa shape index (κ3) is 2.46. The number of aromatic carboxylic acids is 1. The molecule has 0 heterocycles. The van der Waals surface area contributed by atoms with Gasteiger partial charge < -0.3 is 5.11 Å². The molecule has 18 heavy (non-hydrogen) atoms. The molecule has 0 fully saturated rings. The number of hydrogen-bond donors (Lipinski definition) is 1. The zero-order chi connectivity index (χ0) is 13.1. The minimum atomic E-state index is -1.03. The number of benzene rings is 2. The van der Waals surface area contributed by atoms with Crippen LogP contribution in [0, 0.1) is 0 Å². The minimum Gasteiger partial charge on any atom is -0.478 e. The summed E-state index contributed by atoms with van der Waals surface area (Å²) < 4.78 is 0. The van der Waals surface area contributed by atoms with Gasteiger partial charge in [-0.2, -0.15) is 0 Å². The second-order valence-corrected chi connectivity index (χ2v) is 4.03. The Morgan fingerprint density at radius 1 is 0.889 bits per heavy atom. The number of carbonyl (C=O) groups is 2. The molecule has 0 saturated carbocycles. The summed E-state index contributed by atoms with van der Waals surface area (Å²) in [6, 6.07) is 14.1. The van der Waals surface area contributed by atoms with Crippen molar-refractivity contribution in [1.29, 1.82) is 0 Å². The van der Waals surface area contributed by atoms with Gasteiger partial charge in [-0.3, -0.25) is 4.79 Å². The van der Waals surface area contributed by atoms with Gasteiger partial charge in [0.2, 0.25) is 0 Å². The molecule has 90 valence electrons. The van der Waals surface area contributed by atoms with Crippen molar-refractivity contribution in [1.82, 2.24) is 0 Å². The number of carbonyl (C=O) groups excluding carboxylic acids is 1. The highest BCUT2D eigenvalue weighted by Crippen LogP contribution is 2.22. The highest BCUT2D eigenvalue weighted by atomic mass is 16.4. The Bertz CT molecular complexity index is 568. The maximum absolute atomic E-state index is 11.4. The van der Waals surface area contributed by atoms with E-state index >= 15 is 0 Å². The van der Waals surface area contributed by atoms with Crippen molar-refractivity contribution in [2.75, 3.05) is 0 Å². The lowest BCUT2D eigenvalue weighted by molar-refractivity contribution is 0.0697. The normalized spacial score (nSPS) is 10.1. The smallest absolute Gasteiger partial charge is 0.335 e. The number of ketones is 1. The summed E-state index contributed by atoms with van der Waals surface area (Å²) in [5.74, 6) is -1.18. The SMILES string of the molecule is CC(=O)c1cc(C(=O)O)cc(-c2ccccc2)c1. The first kappa shape index (κ1) is 12.0. The summed E-state index contributed by atoms with van der Waals surface area (Å²) in [7, 11) is 0. The number of carboxylic acid groups (broad SMARTS) is 1. The van der Waals surface area contributed by atoms with Crippen molar-refractivity contribution in [2.24, 2.45) is 0 Å². The highest BCUT2D eigenvalue weighted by Gasteiger charge is 2.10. The number of rotatable bonds is 3. The summed E-state index contributed by atoms with van der Waals surface area (Å²) >= 11 is 0. The molecule has 0 aliphatic rings. The average Bonchev–Trinajstić information content (AvgIpc) is 2.39. The summed E-state index contributed by atoms with van der Waals surface area (Å²) in [6.45, 7) is 1.43. The van der Waals surface area contributed by atoms with E-state index in [2.05, 4.69) is 0 Å². The Morgan fingerprint density at radius 3 is 2.06 bits per heavy atom. The number of hydrogen-bond acceptors (Lipinski definition) is 2. The van der Waals surface area contributed by atoms with Gasteiger partial charge in [0.15, 0.2) is 5.78 Å². The van der Waals surface area contributed by atoms with E-state index in [1.165, 1.54) is 13.0 Å². The fourth-order valence-corrected chi connectivity index (χ4v) is 1.75. The van der Waals surface area contributed by atoms with Crippen LogP contribution in [-0.2, 0) is 0 Å². The van der Waals surface area contributed by atoms with Crippen LogP contribution in [0.4, 0.5) is 0 Å². The predicted molar refractivity (Wildman–Crippen MR) is 68.8 cm³/mol. The van der Waals surface area contributed by atoms with Gasteiger partial charge >= 0.3 is 5.97 Å². The van der Waals surface area contributed by atoms with E-state index in [0.29, 0.717) is 5.56 Å². The second kappa shape index (κ2) is 4.84. The standard InChI is InChI=1S/C15H12O3/c1-10(16)12-7-13(9-14(8-12)15(17)18)11-5-3-2-4-6-11/h2-9H,1H3,(H,17,18). The minimum absolute atomic E-state index is 0.126. The Hall–Kier alpha value is -2.42. The van der Waals surface area contributed by atoms with Crippen LogP contribution in [0.15, 0.2) is 48.5 Å². The van der Waals surface area contributed by atoms with Crippen molar-refractivity contribution in [3.63, 3.8) is 0 Å². The molecule has 2 aromatic carbocycles. The molecule has 0 aromatic heterocycles. The molecule has 1 N–H and O–H groups in total. The maximum Gasteiger partial charge on any atom is 0.335 e. The molecule has 0 amide bonds. The quantitative estimate of drug-likeness (QED) is 0.838. The lowest BCUT2D eigenvalue weighted by Gasteiger charge is -2.06. The molecule has 0 aliphatic heterocycles. The van der Waals surface area contributed by atoms with Gasteiger partial charge in [-0.05, 0) is 36.2 Å². The molecule has 3 nitrogen and oxygen atoms in total. The summed E-state index contributed by atoms with van der Waals surface area (Å²) in [6.07, 6.45) is 0. The Morgan fingerprint density at radius 2 is 1.50 bits per heavy atom. The molecule has 0 atom stereocenters. The van der Waals surface area contributed by atoms with Crippen molar-refractivity contribution < 1.29 is 14.7 Å². The number of Topliss-reactive ketones (excluding diaryl/α,β-unsaturated/α-hetero) is 1. The fraction of sp³-hybridized carbons (Fsp3) is 0.0667. The van der Waals surface area contributed by atoms with Gasteiger partial charge in [-0.25, -0.2) is 4.79 Å². The van der Waals surface area contributed by atoms with Crippen LogP contribution >= 0.6 is 0 Å². The predicted octanol–water partition coefficient (Wildman–Crippen LogP) is 3.25.